The lowest BCUT2D eigenvalue weighted by Crippen LogP contribution is -2.45. The first-order valence-electron chi connectivity index (χ1n) is 4.50. The van der Waals surface area contributed by atoms with E-state index in [0.29, 0.717) is 6.42 Å². The number of alkyl halides is 3. The van der Waals surface area contributed by atoms with Gasteiger partial charge in [0, 0.05) is 19.6 Å². The van der Waals surface area contributed by atoms with Gasteiger partial charge in [-0.05, 0) is 12.8 Å². The molecule has 0 amide bonds. The third kappa shape index (κ3) is 5.41. The number of hydrogen-bond donors (Lipinski definition) is 2. The van der Waals surface area contributed by atoms with E-state index in [4.69, 9.17) is 10.6 Å². The second kappa shape index (κ2) is 6.21. The van der Waals surface area contributed by atoms with Gasteiger partial charge in [0.15, 0.2) is 0 Å². The molecule has 0 fully saturated rings. The van der Waals surface area contributed by atoms with Gasteiger partial charge in [0.2, 0.25) is 0 Å². The first-order chi connectivity index (χ1) is 6.44. The maximum atomic E-state index is 11.9. The Morgan fingerprint density at radius 2 is 2.00 bits per heavy atom. The van der Waals surface area contributed by atoms with Crippen LogP contribution in [-0.2, 0) is 4.74 Å². The van der Waals surface area contributed by atoms with E-state index in [9.17, 15) is 13.2 Å². The van der Waals surface area contributed by atoms with Crippen LogP contribution in [0.2, 0.25) is 0 Å². The van der Waals surface area contributed by atoms with E-state index in [-0.39, 0.29) is 12.5 Å². The van der Waals surface area contributed by atoms with Crippen molar-refractivity contribution in [2.75, 3.05) is 7.11 Å². The first kappa shape index (κ1) is 13.7. The molecule has 2 atom stereocenters. The summed E-state index contributed by atoms with van der Waals surface area (Å²) in [5, 5.41) is 0. The fourth-order valence-corrected chi connectivity index (χ4v) is 1.31. The third-order valence-corrected chi connectivity index (χ3v) is 2.11. The van der Waals surface area contributed by atoms with Gasteiger partial charge in [0.25, 0.3) is 0 Å². The smallest absolute Gasteiger partial charge is 0.380 e. The molecule has 2 unspecified atom stereocenters. The summed E-state index contributed by atoms with van der Waals surface area (Å²) in [6.45, 7) is 1.84. The predicted molar refractivity (Wildman–Crippen MR) is 47.5 cm³/mol. The predicted octanol–water partition coefficient (Wildman–Crippen LogP) is 1.59. The Hall–Kier alpha value is -0.330. The van der Waals surface area contributed by atoms with Gasteiger partial charge in [-0.2, -0.15) is 13.2 Å². The number of hydrogen-bond acceptors (Lipinski definition) is 3. The van der Waals surface area contributed by atoms with Crippen molar-refractivity contribution in [3.8, 4) is 0 Å². The zero-order chi connectivity index (χ0) is 11.2. The summed E-state index contributed by atoms with van der Waals surface area (Å²) in [6, 6.07) is -0.452. The molecule has 0 saturated heterocycles. The minimum absolute atomic E-state index is 0.0631. The van der Waals surface area contributed by atoms with E-state index in [1.54, 1.807) is 0 Å². The van der Waals surface area contributed by atoms with Crippen LogP contribution in [0.25, 0.3) is 0 Å². The molecule has 86 valence electrons. The van der Waals surface area contributed by atoms with Crippen LogP contribution in [-0.4, -0.2) is 25.4 Å². The molecule has 6 heteroatoms. The van der Waals surface area contributed by atoms with Gasteiger partial charge in [0.1, 0.15) is 0 Å². The van der Waals surface area contributed by atoms with Crippen molar-refractivity contribution in [2.45, 2.75) is 44.5 Å². The highest BCUT2D eigenvalue weighted by atomic mass is 19.4. The highest BCUT2D eigenvalue weighted by Gasteiger charge is 2.30. The van der Waals surface area contributed by atoms with E-state index >= 15 is 0 Å². The third-order valence-electron chi connectivity index (χ3n) is 2.11. The number of ether oxygens (including phenoxy) is 1. The summed E-state index contributed by atoms with van der Waals surface area (Å²) in [7, 11) is 1.46. The van der Waals surface area contributed by atoms with E-state index in [1.165, 1.54) is 7.11 Å². The quantitative estimate of drug-likeness (QED) is 0.521. The number of hydrazine groups is 1. The van der Waals surface area contributed by atoms with Crippen molar-refractivity contribution in [1.29, 1.82) is 0 Å². The lowest BCUT2D eigenvalue weighted by molar-refractivity contribution is -0.138. The summed E-state index contributed by atoms with van der Waals surface area (Å²) in [6.07, 6.45) is -4.69. The fourth-order valence-electron chi connectivity index (χ4n) is 1.31. The van der Waals surface area contributed by atoms with Crippen LogP contribution < -0.4 is 11.3 Å². The molecule has 0 aromatic rings. The number of methoxy groups -OCH3 is 1. The molecule has 14 heavy (non-hydrogen) atoms. The Labute approximate surface area is 81.8 Å². The molecule has 0 rings (SSSR count). The van der Waals surface area contributed by atoms with Crippen molar-refractivity contribution in [1.82, 2.24) is 5.43 Å². The lowest BCUT2D eigenvalue weighted by Gasteiger charge is -2.24. The molecule has 0 aromatic carbocycles. The monoisotopic (exact) mass is 214 g/mol. The molecule has 3 nitrogen and oxygen atoms in total. The van der Waals surface area contributed by atoms with Gasteiger partial charge in [-0.1, -0.05) is 6.92 Å². The normalized spacial score (nSPS) is 16.7. The van der Waals surface area contributed by atoms with Crippen LogP contribution in [0, 0.1) is 0 Å². The van der Waals surface area contributed by atoms with Crippen LogP contribution >= 0.6 is 0 Å². The van der Waals surface area contributed by atoms with E-state index < -0.39 is 18.6 Å². The number of nitrogens with one attached hydrogen (secondary N) is 1. The van der Waals surface area contributed by atoms with Crippen molar-refractivity contribution in [3.63, 3.8) is 0 Å². The van der Waals surface area contributed by atoms with Gasteiger partial charge < -0.3 is 4.74 Å². The second-order valence-corrected chi connectivity index (χ2v) is 3.11. The molecule has 0 bridgehead atoms. The summed E-state index contributed by atoms with van der Waals surface area (Å²) < 4.78 is 40.8. The Morgan fingerprint density at radius 1 is 1.43 bits per heavy atom. The minimum atomic E-state index is -4.14. The van der Waals surface area contributed by atoms with E-state index in [1.807, 2.05) is 6.92 Å². The molecule has 0 aliphatic carbocycles. The summed E-state index contributed by atoms with van der Waals surface area (Å²) in [5.41, 5.74) is 2.35. The number of halogens is 3. The molecule has 0 spiro atoms. The molecule has 0 saturated carbocycles. The Kier molecular flexibility index (Phi) is 6.06. The largest absolute Gasteiger partial charge is 0.389 e. The zero-order valence-corrected chi connectivity index (χ0v) is 8.40. The number of nitrogens with two attached hydrogens (primary N) is 1. The average molecular weight is 214 g/mol. The lowest BCUT2D eigenvalue weighted by atomic mass is 10.0. The van der Waals surface area contributed by atoms with E-state index in [0.717, 1.165) is 0 Å². The van der Waals surface area contributed by atoms with Crippen LogP contribution in [0.4, 0.5) is 13.2 Å². The summed E-state index contributed by atoms with van der Waals surface area (Å²) in [5.74, 6) is 5.16. The molecule has 0 aliphatic rings. The maximum Gasteiger partial charge on any atom is 0.389 e. The Morgan fingerprint density at radius 3 is 2.29 bits per heavy atom. The SMILES string of the molecule is CCC(OC)C(CCC(F)(F)F)NN. The Balaban J connectivity index is 4.01. The van der Waals surface area contributed by atoms with Crippen LogP contribution in [0.15, 0.2) is 0 Å². The van der Waals surface area contributed by atoms with Crippen LogP contribution in [0.1, 0.15) is 26.2 Å². The standard InChI is InChI=1S/C8H17F3N2O/c1-3-7(14-2)6(13-12)4-5-8(9,10)11/h6-7,13H,3-5,12H2,1-2H3. The molecule has 0 aromatic heterocycles. The fraction of sp³-hybridized carbons (Fsp3) is 1.00. The maximum absolute atomic E-state index is 11.9. The van der Waals surface area contributed by atoms with Crippen molar-refractivity contribution in [2.24, 2.45) is 5.84 Å². The molecule has 3 N–H and O–H groups in total. The van der Waals surface area contributed by atoms with Gasteiger partial charge in [-0.25, -0.2) is 0 Å². The highest BCUT2D eigenvalue weighted by Crippen LogP contribution is 2.23. The molecular weight excluding hydrogens is 197 g/mol. The molecule has 0 heterocycles. The summed E-state index contributed by atoms with van der Waals surface area (Å²) in [4.78, 5) is 0. The van der Waals surface area contributed by atoms with E-state index in [2.05, 4.69) is 5.43 Å². The van der Waals surface area contributed by atoms with Crippen LogP contribution in [0.5, 0.6) is 0 Å². The minimum Gasteiger partial charge on any atom is -0.380 e. The molecule has 0 aliphatic heterocycles. The van der Waals surface area contributed by atoms with Crippen molar-refractivity contribution in [3.05, 3.63) is 0 Å². The van der Waals surface area contributed by atoms with Gasteiger partial charge in [-0.3, -0.25) is 11.3 Å². The summed E-state index contributed by atoms with van der Waals surface area (Å²) >= 11 is 0. The van der Waals surface area contributed by atoms with Crippen molar-refractivity contribution >= 4 is 0 Å². The number of rotatable bonds is 6. The van der Waals surface area contributed by atoms with Gasteiger partial charge in [0.05, 0.1) is 6.10 Å². The zero-order valence-electron chi connectivity index (χ0n) is 8.40. The molecular formula is C8H17F3N2O. The first-order valence-corrected chi connectivity index (χ1v) is 4.50. The van der Waals surface area contributed by atoms with Gasteiger partial charge in [-0.15, -0.1) is 0 Å². The highest BCUT2D eigenvalue weighted by molar-refractivity contribution is 4.74. The van der Waals surface area contributed by atoms with Crippen LogP contribution in [0.3, 0.4) is 0 Å². The Bertz CT molecular complexity index is 148. The van der Waals surface area contributed by atoms with Gasteiger partial charge >= 0.3 is 6.18 Å². The van der Waals surface area contributed by atoms with Crippen molar-refractivity contribution < 1.29 is 17.9 Å². The topological polar surface area (TPSA) is 47.3 Å². The second-order valence-electron chi connectivity index (χ2n) is 3.11. The molecule has 0 radical (unpaired) electrons. The average Bonchev–Trinajstić information content (AvgIpc) is 2.10.